The van der Waals surface area contributed by atoms with Gasteiger partial charge in [-0.25, -0.2) is 4.39 Å². The normalized spacial score (nSPS) is 19.8. The fraction of sp³-hybridized carbons (Fsp3) is 0.429. The molecule has 1 unspecified atom stereocenters. The van der Waals surface area contributed by atoms with Crippen molar-refractivity contribution in [3.63, 3.8) is 0 Å². The minimum absolute atomic E-state index is 0.133. The molecule has 0 bridgehead atoms. The molecule has 0 spiro atoms. The molecule has 0 aromatic heterocycles. The first-order valence-electron chi connectivity index (χ1n) is 5.91. The molecule has 0 aliphatic heterocycles. The number of nitrogens with one attached hydrogen (secondary N) is 1. The van der Waals surface area contributed by atoms with Gasteiger partial charge in [0.1, 0.15) is 5.82 Å². The molecule has 1 aromatic rings. The molecule has 0 heterocycles. The van der Waals surface area contributed by atoms with Crippen LogP contribution in [0.5, 0.6) is 0 Å². The van der Waals surface area contributed by atoms with Crippen molar-refractivity contribution in [3.05, 3.63) is 41.7 Å². The largest absolute Gasteiger partial charge is 0.385 e. The summed E-state index contributed by atoms with van der Waals surface area (Å²) in [6, 6.07) is 5.20. The van der Waals surface area contributed by atoms with Gasteiger partial charge in [-0.3, -0.25) is 0 Å². The molecule has 1 N–H and O–H groups in total. The zero-order valence-electron chi connectivity index (χ0n) is 9.67. The molecule has 2 heteroatoms. The van der Waals surface area contributed by atoms with Crippen LogP contribution in [0.2, 0.25) is 0 Å². The summed E-state index contributed by atoms with van der Waals surface area (Å²) in [7, 11) is 0. The lowest BCUT2D eigenvalue weighted by Gasteiger charge is -2.19. The SMILES string of the molecule is Cc1cc(NCC2CC=CCC2)ccc1F. The molecule has 0 radical (unpaired) electrons. The van der Waals surface area contributed by atoms with Crippen molar-refractivity contribution in [1.82, 2.24) is 0 Å². The second-order valence-electron chi connectivity index (χ2n) is 4.50. The van der Waals surface area contributed by atoms with Crippen molar-refractivity contribution in [2.24, 2.45) is 5.92 Å². The average molecular weight is 219 g/mol. The molecule has 16 heavy (non-hydrogen) atoms. The lowest BCUT2D eigenvalue weighted by Crippen LogP contribution is -2.15. The molecule has 86 valence electrons. The second kappa shape index (κ2) is 5.15. The molecule has 2 rings (SSSR count). The highest BCUT2D eigenvalue weighted by Gasteiger charge is 2.09. The van der Waals surface area contributed by atoms with Crippen LogP contribution in [0.3, 0.4) is 0 Å². The number of allylic oxidation sites excluding steroid dienone is 2. The Bertz CT molecular complexity index is 384. The smallest absolute Gasteiger partial charge is 0.126 e. The Morgan fingerprint density at radius 2 is 2.25 bits per heavy atom. The Morgan fingerprint density at radius 3 is 2.94 bits per heavy atom. The third-order valence-electron chi connectivity index (χ3n) is 3.13. The Morgan fingerprint density at radius 1 is 1.38 bits per heavy atom. The average Bonchev–Trinajstić information content (AvgIpc) is 2.32. The van der Waals surface area contributed by atoms with Crippen LogP contribution >= 0.6 is 0 Å². The summed E-state index contributed by atoms with van der Waals surface area (Å²) < 4.78 is 13.1. The van der Waals surface area contributed by atoms with Crippen LogP contribution in [0, 0.1) is 18.7 Å². The first kappa shape index (κ1) is 11.2. The van der Waals surface area contributed by atoms with E-state index in [0.717, 1.165) is 24.6 Å². The maximum atomic E-state index is 13.1. The van der Waals surface area contributed by atoms with E-state index in [-0.39, 0.29) is 5.82 Å². The molecule has 1 aliphatic rings. The summed E-state index contributed by atoms with van der Waals surface area (Å²) in [5.74, 6) is 0.585. The zero-order valence-corrected chi connectivity index (χ0v) is 9.67. The lowest BCUT2D eigenvalue weighted by molar-refractivity contribution is 0.504. The van der Waals surface area contributed by atoms with Crippen molar-refractivity contribution >= 4 is 5.69 Å². The number of halogens is 1. The molecular weight excluding hydrogens is 201 g/mol. The highest BCUT2D eigenvalue weighted by atomic mass is 19.1. The van der Waals surface area contributed by atoms with Crippen LogP contribution < -0.4 is 5.32 Å². The molecular formula is C14H18FN. The highest BCUT2D eigenvalue weighted by Crippen LogP contribution is 2.20. The highest BCUT2D eigenvalue weighted by molar-refractivity contribution is 5.45. The van der Waals surface area contributed by atoms with Crippen LogP contribution in [-0.4, -0.2) is 6.54 Å². The number of hydrogen-bond acceptors (Lipinski definition) is 1. The van der Waals surface area contributed by atoms with Crippen molar-refractivity contribution in [1.29, 1.82) is 0 Å². The minimum atomic E-state index is -0.133. The third kappa shape index (κ3) is 2.84. The number of benzene rings is 1. The van der Waals surface area contributed by atoms with Gasteiger partial charge in [-0.15, -0.1) is 0 Å². The van der Waals surface area contributed by atoms with Crippen LogP contribution in [0.25, 0.3) is 0 Å². The van der Waals surface area contributed by atoms with Gasteiger partial charge in [0.25, 0.3) is 0 Å². The minimum Gasteiger partial charge on any atom is -0.385 e. The number of anilines is 1. The van der Waals surface area contributed by atoms with E-state index in [1.807, 2.05) is 6.07 Å². The quantitative estimate of drug-likeness (QED) is 0.760. The van der Waals surface area contributed by atoms with E-state index >= 15 is 0 Å². The van der Waals surface area contributed by atoms with E-state index in [1.54, 1.807) is 13.0 Å². The van der Waals surface area contributed by atoms with Gasteiger partial charge in [0.15, 0.2) is 0 Å². The van der Waals surface area contributed by atoms with Crippen LogP contribution in [-0.2, 0) is 0 Å². The number of rotatable bonds is 3. The van der Waals surface area contributed by atoms with E-state index in [1.165, 1.54) is 18.9 Å². The monoisotopic (exact) mass is 219 g/mol. The molecule has 0 fully saturated rings. The Hall–Kier alpha value is -1.31. The van der Waals surface area contributed by atoms with Gasteiger partial charge in [0, 0.05) is 12.2 Å². The molecule has 0 amide bonds. The molecule has 0 saturated carbocycles. The maximum Gasteiger partial charge on any atom is 0.126 e. The number of aryl methyl sites for hydroxylation is 1. The summed E-state index contributed by atoms with van der Waals surface area (Å²) in [4.78, 5) is 0. The van der Waals surface area contributed by atoms with Crippen molar-refractivity contribution in [2.75, 3.05) is 11.9 Å². The van der Waals surface area contributed by atoms with Gasteiger partial charge in [-0.05, 0) is 55.9 Å². The van der Waals surface area contributed by atoms with Crippen molar-refractivity contribution in [3.8, 4) is 0 Å². The summed E-state index contributed by atoms with van der Waals surface area (Å²) in [5.41, 5.74) is 1.72. The fourth-order valence-corrected chi connectivity index (χ4v) is 2.06. The Kier molecular flexibility index (Phi) is 3.60. The fourth-order valence-electron chi connectivity index (χ4n) is 2.06. The van der Waals surface area contributed by atoms with E-state index in [9.17, 15) is 4.39 Å². The Balaban J connectivity index is 1.89. The maximum absolute atomic E-state index is 13.1. The zero-order chi connectivity index (χ0) is 11.4. The lowest BCUT2D eigenvalue weighted by atomic mass is 9.94. The van der Waals surface area contributed by atoms with Gasteiger partial charge >= 0.3 is 0 Å². The first-order chi connectivity index (χ1) is 7.75. The summed E-state index contributed by atoms with van der Waals surface area (Å²) in [6.45, 7) is 2.78. The third-order valence-corrected chi connectivity index (χ3v) is 3.13. The molecule has 0 saturated heterocycles. The molecule has 1 aliphatic carbocycles. The predicted octanol–water partition coefficient (Wildman–Crippen LogP) is 3.90. The first-order valence-corrected chi connectivity index (χ1v) is 5.91. The van der Waals surface area contributed by atoms with E-state index in [0.29, 0.717) is 5.56 Å². The van der Waals surface area contributed by atoms with Gasteiger partial charge in [-0.2, -0.15) is 0 Å². The van der Waals surface area contributed by atoms with Crippen LogP contribution in [0.4, 0.5) is 10.1 Å². The van der Waals surface area contributed by atoms with Gasteiger partial charge in [0.2, 0.25) is 0 Å². The van der Waals surface area contributed by atoms with E-state index in [2.05, 4.69) is 17.5 Å². The van der Waals surface area contributed by atoms with Crippen molar-refractivity contribution < 1.29 is 4.39 Å². The summed E-state index contributed by atoms with van der Waals surface area (Å²) in [5, 5.41) is 3.38. The molecule has 1 nitrogen and oxygen atoms in total. The van der Waals surface area contributed by atoms with Gasteiger partial charge in [-0.1, -0.05) is 12.2 Å². The second-order valence-corrected chi connectivity index (χ2v) is 4.50. The Labute approximate surface area is 96.4 Å². The molecule has 1 atom stereocenters. The van der Waals surface area contributed by atoms with Crippen LogP contribution in [0.15, 0.2) is 30.4 Å². The van der Waals surface area contributed by atoms with E-state index < -0.39 is 0 Å². The predicted molar refractivity (Wildman–Crippen MR) is 66.1 cm³/mol. The topological polar surface area (TPSA) is 12.0 Å². The van der Waals surface area contributed by atoms with Gasteiger partial charge in [0.05, 0.1) is 0 Å². The standard InChI is InChI=1S/C14H18FN/c1-11-9-13(7-8-14(11)15)16-10-12-5-3-2-4-6-12/h2-3,7-9,12,16H,4-6,10H2,1H3. The van der Waals surface area contributed by atoms with Crippen molar-refractivity contribution in [2.45, 2.75) is 26.2 Å². The van der Waals surface area contributed by atoms with Gasteiger partial charge < -0.3 is 5.32 Å². The number of hydrogen-bond donors (Lipinski definition) is 1. The van der Waals surface area contributed by atoms with E-state index in [4.69, 9.17) is 0 Å². The summed E-state index contributed by atoms with van der Waals surface area (Å²) in [6.07, 6.45) is 8.11. The molecule has 1 aromatic carbocycles. The summed E-state index contributed by atoms with van der Waals surface area (Å²) >= 11 is 0. The van der Waals surface area contributed by atoms with Crippen LogP contribution in [0.1, 0.15) is 24.8 Å².